The van der Waals surface area contributed by atoms with Crippen LogP contribution in [0.1, 0.15) is 32.0 Å². The van der Waals surface area contributed by atoms with Gasteiger partial charge >= 0.3 is 0 Å². The largest absolute Gasteiger partial charge is 0.497 e. The lowest BCUT2D eigenvalue weighted by Crippen LogP contribution is -2.24. The lowest BCUT2D eigenvalue weighted by Gasteiger charge is -2.19. The quantitative estimate of drug-likeness (QED) is 0.777. The van der Waals surface area contributed by atoms with E-state index in [9.17, 15) is 0 Å². The van der Waals surface area contributed by atoms with Crippen molar-refractivity contribution in [3.05, 3.63) is 29.8 Å². The maximum absolute atomic E-state index is 5.79. The smallest absolute Gasteiger partial charge is 0.213 e. The Labute approximate surface area is 120 Å². The van der Waals surface area contributed by atoms with Gasteiger partial charge in [-0.15, -0.1) is 5.06 Å². The number of hydroxylamine groups is 2. The van der Waals surface area contributed by atoms with Crippen molar-refractivity contribution >= 4 is 5.90 Å². The maximum atomic E-state index is 5.79. The molecule has 1 aromatic carbocycles. The Hall–Kier alpha value is -1.59. The fourth-order valence-electron chi connectivity index (χ4n) is 2.15. The van der Waals surface area contributed by atoms with Crippen molar-refractivity contribution in [3.63, 3.8) is 0 Å². The zero-order valence-electron chi connectivity index (χ0n) is 12.4. The van der Waals surface area contributed by atoms with Gasteiger partial charge in [0.05, 0.1) is 7.11 Å². The van der Waals surface area contributed by atoms with Crippen LogP contribution in [0.4, 0.5) is 0 Å². The number of benzene rings is 1. The van der Waals surface area contributed by atoms with Gasteiger partial charge in [0.2, 0.25) is 5.90 Å². The van der Waals surface area contributed by atoms with E-state index in [0.29, 0.717) is 0 Å². The molecule has 5 heteroatoms. The third-order valence-corrected chi connectivity index (χ3v) is 3.25. The van der Waals surface area contributed by atoms with Gasteiger partial charge in [0.1, 0.15) is 5.75 Å². The SMILES string of the molecule is CCNCCC1=N[C@H](c2ccc(OC)cc2)N(CC)O1. The van der Waals surface area contributed by atoms with Gasteiger partial charge in [-0.1, -0.05) is 19.1 Å². The summed E-state index contributed by atoms with van der Waals surface area (Å²) in [7, 11) is 1.67. The number of rotatable bonds is 7. The summed E-state index contributed by atoms with van der Waals surface area (Å²) in [5.74, 6) is 1.65. The molecule has 1 aliphatic heterocycles. The second-order valence-electron chi connectivity index (χ2n) is 4.60. The van der Waals surface area contributed by atoms with E-state index >= 15 is 0 Å². The van der Waals surface area contributed by atoms with Gasteiger partial charge in [0, 0.05) is 19.5 Å². The van der Waals surface area contributed by atoms with E-state index in [-0.39, 0.29) is 6.17 Å². The van der Waals surface area contributed by atoms with E-state index in [2.05, 4.69) is 24.2 Å². The van der Waals surface area contributed by atoms with Gasteiger partial charge in [-0.2, -0.15) is 0 Å². The number of methoxy groups -OCH3 is 1. The predicted octanol–water partition coefficient (Wildman–Crippen LogP) is 2.36. The molecule has 0 aliphatic carbocycles. The molecule has 0 bridgehead atoms. The number of nitrogens with zero attached hydrogens (tertiary/aromatic N) is 2. The van der Waals surface area contributed by atoms with Crippen LogP contribution in [0.5, 0.6) is 5.75 Å². The summed E-state index contributed by atoms with van der Waals surface area (Å²) in [5.41, 5.74) is 1.12. The molecule has 0 fully saturated rings. The lowest BCUT2D eigenvalue weighted by molar-refractivity contribution is -0.0815. The molecule has 0 saturated carbocycles. The molecule has 110 valence electrons. The molecule has 1 atom stereocenters. The van der Waals surface area contributed by atoms with Crippen LogP contribution >= 0.6 is 0 Å². The van der Waals surface area contributed by atoms with Crippen molar-refractivity contribution in [2.75, 3.05) is 26.7 Å². The van der Waals surface area contributed by atoms with Gasteiger partial charge in [-0.05, 0) is 31.2 Å². The van der Waals surface area contributed by atoms with Crippen molar-refractivity contribution < 1.29 is 9.57 Å². The third kappa shape index (κ3) is 3.49. The number of hydrogen-bond donors (Lipinski definition) is 1. The Morgan fingerprint density at radius 3 is 2.65 bits per heavy atom. The number of hydrogen-bond acceptors (Lipinski definition) is 5. The predicted molar refractivity (Wildman–Crippen MR) is 79.8 cm³/mol. The highest BCUT2D eigenvalue weighted by molar-refractivity contribution is 5.77. The highest BCUT2D eigenvalue weighted by atomic mass is 16.7. The molecule has 20 heavy (non-hydrogen) atoms. The van der Waals surface area contributed by atoms with Crippen LogP contribution in [-0.2, 0) is 4.84 Å². The molecule has 0 radical (unpaired) electrons. The highest BCUT2D eigenvalue weighted by Gasteiger charge is 2.28. The van der Waals surface area contributed by atoms with E-state index in [4.69, 9.17) is 9.57 Å². The van der Waals surface area contributed by atoms with Gasteiger partial charge < -0.3 is 14.9 Å². The summed E-state index contributed by atoms with van der Waals surface area (Å²) in [6, 6.07) is 7.98. The Bertz CT molecular complexity index is 445. The molecule has 0 aromatic heterocycles. The molecular formula is C15H23N3O2. The second-order valence-corrected chi connectivity index (χ2v) is 4.60. The molecule has 0 unspecified atom stereocenters. The molecular weight excluding hydrogens is 254 g/mol. The minimum absolute atomic E-state index is 0.0532. The van der Waals surface area contributed by atoms with E-state index in [1.165, 1.54) is 0 Å². The highest BCUT2D eigenvalue weighted by Crippen LogP contribution is 2.29. The fraction of sp³-hybridized carbons (Fsp3) is 0.533. The van der Waals surface area contributed by atoms with Crippen molar-refractivity contribution in [1.82, 2.24) is 10.4 Å². The molecule has 2 rings (SSSR count). The van der Waals surface area contributed by atoms with Crippen LogP contribution in [0.25, 0.3) is 0 Å². The molecule has 0 amide bonds. The molecule has 1 aliphatic rings. The topological polar surface area (TPSA) is 46.1 Å². The Morgan fingerprint density at radius 2 is 2.05 bits per heavy atom. The van der Waals surface area contributed by atoms with Gasteiger partial charge in [-0.25, -0.2) is 4.99 Å². The van der Waals surface area contributed by atoms with Crippen LogP contribution in [-0.4, -0.2) is 37.7 Å². The summed E-state index contributed by atoms with van der Waals surface area (Å²) >= 11 is 0. The first-order valence-corrected chi connectivity index (χ1v) is 7.14. The lowest BCUT2D eigenvalue weighted by atomic mass is 10.1. The van der Waals surface area contributed by atoms with Crippen LogP contribution in [0, 0.1) is 0 Å². The molecule has 0 spiro atoms. The zero-order chi connectivity index (χ0) is 14.4. The maximum Gasteiger partial charge on any atom is 0.213 e. The first-order chi connectivity index (χ1) is 9.78. The second kappa shape index (κ2) is 7.26. The Balaban J connectivity index is 2.06. The molecule has 5 nitrogen and oxygen atoms in total. The summed E-state index contributed by atoms with van der Waals surface area (Å²) in [5, 5.41) is 5.19. The monoisotopic (exact) mass is 277 g/mol. The van der Waals surface area contributed by atoms with Crippen molar-refractivity contribution in [2.45, 2.75) is 26.4 Å². The van der Waals surface area contributed by atoms with Crippen LogP contribution in [0.3, 0.4) is 0 Å². The first kappa shape index (κ1) is 14.8. The molecule has 1 aromatic rings. The zero-order valence-corrected chi connectivity index (χ0v) is 12.4. The molecule has 1 N–H and O–H groups in total. The number of nitrogens with one attached hydrogen (secondary N) is 1. The summed E-state index contributed by atoms with van der Waals surface area (Å²) in [6.07, 6.45) is 0.763. The molecule has 0 saturated heterocycles. The van der Waals surface area contributed by atoms with Gasteiger partial charge in [0.25, 0.3) is 0 Å². The Kier molecular flexibility index (Phi) is 5.38. The van der Waals surface area contributed by atoms with E-state index < -0.39 is 0 Å². The summed E-state index contributed by atoms with van der Waals surface area (Å²) < 4.78 is 5.18. The van der Waals surface area contributed by atoms with Crippen LogP contribution in [0.2, 0.25) is 0 Å². The standard InChI is InChI=1S/C15H23N3O2/c1-4-16-11-10-14-17-15(18(5-2)20-14)12-6-8-13(19-3)9-7-12/h6-9,15-16H,4-5,10-11H2,1-3H3/t15-/m0/s1. The summed E-state index contributed by atoms with van der Waals surface area (Å²) in [6.45, 7) is 6.81. The Morgan fingerprint density at radius 1 is 1.30 bits per heavy atom. The van der Waals surface area contributed by atoms with Gasteiger partial charge in [0.15, 0.2) is 6.17 Å². The average molecular weight is 277 g/mol. The number of aliphatic imine (C=N–C) groups is 1. The van der Waals surface area contributed by atoms with Crippen molar-refractivity contribution in [1.29, 1.82) is 0 Å². The van der Waals surface area contributed by atoms with E-state index in [1.807, 2.05) is 29.3 Å². The van der Waals surface area contributed by atoms with Crippen LogP contribution < -0.4 is 10.1 Å². The van der Waals surface area contributed by atoms with Crippen molar-refractivity contribution in [2.24, 2.45) is 4.99 Å². The van der Waals surface area contributed by atoms with Gasteiger partial charge in [-0.3, -0.25) is 0 Å². The number of ether oxygens (including phenoxy) is 1. The minimum atomic E-state index is -0.0532. The van der Waals surface area contributed by atoms with E-state index in [0.717, 1.165) is 43.3 Å². The van der Waals surface area contributed by atoms with E-state index in [1.54, 1.807) is 7.11 Å². The third-order valence-electron chi connectivity index (χ3n) is 3.25. The van der Waals surface area contributed by atoms with Crippen molar-refractivity contribution in [3.8, 4) is 5.75 Å². The van der Waals surface area contributed by atoms with Crippen LogP contribution in [0.15, 0.2) is 29.3 Å². The molecule has 1 heterocycles. The fourth-order valence-corrected chi connectivity index (χ4v) is 2.15. The summed E-state index contributed by atoms with van der Waals surface area (Å²) in [4.78, 5) is 10.5. The average Bonchev–Trinajstić information content (AvgIpc) is 2.91. The first-order valence-electron chi connectivity index (χ1n) is 7.14. The minimum Gasteiger partial charge on any atom is -0.497 e. The normalized spacial score (nSPS) is 18.8.